The lowest BCUT2D eigenvalue weighted by Gasteiger charge is -2.12. The SMILES string of the molecule is Cl.NC(CNC(=O)Cn1nc(-c2ccccc2)ccc1=O)C1CC1. The maximum Gasteiger partial charge on any atom is 0.267 e. The van der Waals surface area contributed by atoms with E-state index in [1.165, 1.54) is 10.7 Å². The Hall–Kier alpha value is -2.18. The summed E-state index contributed by atoms with van der Waals surface area (Å²) in [6.07, 6.45) is 2.27. The molecule has 6 nitrogen and oxygen atoms in total. The number of nitrogens with one attached hydrogen (secondary N) is 1. The lowest BCUT2D eigenvalue weighted by molar-refractivity contribution is -0.122. The fourth-order valence-corrected chi connectivity index (χ4v) is 2.44. The zero-order valence-electron chi connectivity index (χ0n) is 13.2. The van der Waals surface area contributed by atoms with Gasteiger partial charge in [0.1, 0.15) is 6.54 Å². The smallest absolute Gasteiger partial charge is 0.267 e. The number of nitrogens with two attached hydrogens (primary N) is 1. The monoisotopic (exact) mass is 348 g/mol. The van der Waals surface area contributed by atoms with Crippen molar-refractivity contribution in [3.8, 4) is 11.3 Å². The fraction of sp³-hybridized carbons (Fsp3) is 0.353. The van der Waals surface area contributed by atoms with Gasteiger partial charge >= 0.3 is 0 Å². The third-order valence-electron chi connectivity index (χ3n) is 3.99. The molecule has 1 heterocycles. The molecule has 1 aliphatic carbocycles. The summed E-state index contributed by atoms with van der Waals surface area (Å²) in [6.45, 7) is 0.341. The molecule has 128 valence electrons. The molecule has 1 unspecified atom stereocenters. The Labute approximate surface area is 146 Å². The van der Waals surface area contributed by atoms with Crippen LogP contribution in [0.2, 0.25) is 0 Å². The zero-order valence-corrected chi connectivity index (χ0v) is 14.0. The standard InChI is InChI=1S/C17H20N4O2.ClH/c18-14(12-6-7-12)10-19-16(22)11-21-17(23)9-8-15(20-21)13-4-2-1-3-5-13;/h1-5,8-9,12,14H,6-7,10-11,18H2,(H,19,22);1H. The van der Waals surface area contributed by atoms with E-state index in [9.17, 15) is 9.59 Å². The van der Waals surface area contributed by atoms with Gasteiger partial charge in [-0.25, -0.2) is 4.68 Å². The number of hydrogen-bond acceptors (Lipinski definition) is 4. The normalized spacial score (nSPS) is 14.5. The number of rotatable bonds is 6. The van der Waals surface area contributed by atoms with E-state index in [0.29, 0.717) is 18.2 Å². The summed E-state index contributed by atoms with van der Waals surface area (Å²) in [5, 5.41) is 7.04. The number of amides is 1. The molecule has 3 N–H and O–H groups in total. The average Bonchev–Trinajstić information content (AvgIpc) is 3.40. The van der Waals surface area contributed by atoms with E-state index in [1.807, 2.05) is 30.3 Å². The van der Waals surface area contributed by atoms with Crippen LogP contribution in [0, 0.1) is 5.92 Å². The highest BCUT2D eigenvalue weighted by Gasteiger charge is 2.28. The first-order valence-corrected chi connectivity index (χ1v) is 7.79. The van der Waals surface area contributed by atoms with Crippen molar-refractivity contribution in [2.75, 3.05) is 6.54 Å². The van der Waals surface area contributed by atoms with Crippen molar-refractivity contribution in [3.05, 3.63) is 52.8 Å². The largest absolute Gasteiger partial charge is 0.353 e. The summed E-state index contributed by atoms with van der Waals surface area (Å²) < 4.78 is 1.18. The van der Waals surface area contributed by atoms with Crippen LogP contribution in [0.15, 0.2) is 47.3 Å². The van der Waals surface area contributed by atoms with Crippen LogP contribution in [-0.2, 0) is 11.3 Å². The van der Waals surface area contributed by atoms with E-state index in [-0.39, 0.29) is 36.5 Å². The minimum absolute atomic E-state index is 0. The van der Waals surface area contributed by atoms with Gasteiger partial charge in [-0.2, -0.15) is 5.10 Å². The Morgan fingerprint density at radius 1 is 1.25 bits per heavy atom. The van der Waals surface area contributed by atoms with Crippen LogP contribution in [-0.4, -0.2) is 28.3 Å². The van der Waals surface area contributed by atoms with Gasteiger partial charge in [-0.3, -0.25) is 9.59 Å². The molecule has 0 saturated heterocycles. The summed E-state index contributed by atoms with van der Waals surface area (Å²) >= 11 is 0. The molecule has 1 aromatic heterocycles. The molecule has 0 aliphatic heterocycles. The number of halogens is 1. The van der Waals surface area contributed by atoms with Crippen molar-refractivity contribution >= 4 is 18.3 Å². The summed E-state index contributed by atoms with van der Waals surface area (Å²) in [5.74, 6) is 0.276. The first-order valence-electron chi connectivity index (χ1n) is 7.79. The lowest BCUT2D eigenvalue weighted by atomic mass is 10.1. The Morgan fingerprint density at radius 2 is 1.96 bits per heavy atom. The van der Waals surface area contributed by atoms with Gasteiger partial charge in [-0.05, 0) is 24.8 Å². The van der Waals surface area contributed by atoms with Crippen molar-refractivity contribution in [2.24, 2.45) is 11.7 Å². The number of carbonyl (C=O) groups is 1. The Balaban J connectivity index is 0.00000208. The first kappa shape index (κ1) is 18.2. The number of benzene rings is 1. The van der Waals surface area contributed by atoms with Crippen LogP contribution < -0.4 is 16.6 Å². The van der Waals surface area contributed by atoms with E-state index >= 15 is 0 Å². The van der Waals surface area contributed by atoms with Crippen molar-refractivity contribution < 1.29 is 4.79 Å². The van der Waals surface area contributed by atoms with Crippen LogP contribution >= 0.6 is 12.4 Å². The highest BCUT2D eigenvalue weighted by atomic mass is 35.5. The van der Waals surface area contributed by atoms with E-state index in [4.69, 9.17) is 5.73 Å². The zero-order chi connectivity index (χ0) is 16.2. The van der Waals surface area contributed by atoms with Crippen LogP contribution in [0.5, 0.6) is 0 Å². The molecule has 7 heteroatoms. The van der Waals surface area contributed by atoms with Crippen LogP contribution in [0.25, 0.3) is 11.3 Å². The van der Waals surface area contributed by atoms with Crippen molar-refractivity contribution in [1.82, 2.24) is 15.1 Å². The molecular weight excluding hydrogens is 328 g/mol. The summed E-state index contributed by atoms with van der Waals surface area (Å²) in [4.78, 5) is 23.9. The first-order chi connectivity index (χ1) is 11.1. The Bertz CT molecular complexity index is 744. The van der Waals surface area contributed by atoms with E-state index in [1.54, 1.807) is 6.07 Å². The molecule has 3 rings (SSSR count). The minimum Gasteiger partial charge on any atom is -0.353 e. The number of nitrogens with zero attached hydrogens (tertiary/aromatic N) is 2. The summed E-state index contributed by atoms with van der Waals surface area (Å²) in [7, 11) is 0. The summed E-state index contributed by atoms with van der Waals surface area (Å²) in [5.41, 5.74) is 7.21. The van der Waals surface area contributed by atoms with Gasteiger partial charge in [0, 0.05) is 24.2 Å². The number of carbonyl (C=O) groups excluding carboxylic acids is 1. The van der Waals surface area contributed by atoms with Gasteiger partial charge in [0.25, 0.3) is 5.56 Å². The molecule has 1 aromatic carbocycles. The number of hydrogen-bond donors (Lipinski definition) is 2. The summed E-state index contributed by atoms with van der Waals surface area (Å²) in [6, 6.07) is 12.6. The van der Waals surface area contributed by atoms with Crippen molar-refractivity contribution in [2.45, 2.75) is 25.4 Å². The van der Waals surface area contributed by atoms with Gasteiger partial charge in [0.2, 0.25) is 5.91 Å². The maximum atomic E-state index is 12.0. The molecule has 1 atom stereocenters. The predicted octanol–water partition coefficient (Wildman–Crippen LogP) is 1.19. The second-order valence-electron chi connectivity index (χ2n) is 5.89. The molecule has 1 saturated carbocycles. The van der Waals surface area contributed by atoms with Crippen molar-refractivity contribution in [1.29, 1.82) is 0 Å². The predicted molar refractivity (Wildman–Crippen MR) is 94.9 cm³/mol. The van der Waals surface area contributed by atoms with E-state index < -0.39 is 0 Å². The van der Waals surface area contributed by atoms with Crippen LogP contribution in [0.1, 0.15) is 12.8 Å². The van der Waals surface area contributed by atoms with Crippen LogP contribution in [0.4, 0.5) is 0 Å². The van der Waals surface area contributed by atoms with E-state index in [0.717, 1.165) is 18.4 Å². The third kappa shape index (κ3) is 4.66. The second kappa shape index (κ2) is 8.08. The highest BCUT2D eigenvalue weighted by molar-refractivity contribution is 5.85. The van der Waals surface area contributed by atoms with Crippen LogP contribution in [0.3, 0.4) is 0 Å². The minimum atomic E-state index is -0.300. The maximum absolute atomic E-state index is 12.0. The molecule has 1 aliphatic rings. The van der Waals surface area contributed by atoms with Gasteiger partial charge in [0.05, 0.1) is 5.69 Å². The quantitative estimate of drug-likeness (QED) is 0.820. The highest BCUT2D eigenvalue weighted by Crippen LogP contribution is 2.31. The molecule has 0 bridgehead atoms. The molecule has 0 radical (unpaired) electrons. The molecule has 2 aromatic rings. The molecule has 1 fully saturated rings. The Morgan fingerprint density at radius 3 is 2.62 bits per heavy atom. The van der Waals surface area contributed by atoms with Gasteiger partial charge in [-0.1, -0.05) is 30.3 Å². The molecular formula is C17H21ClN4O2. The van der Waals surface area contributed by atoms with Gasteiger partial charge in [0.15, 0.2) is 0 Å². The van der Waals surface area contributed by atoms with Gasteiger partial charge in [-0.15, -0.1) is 12.4 Å². The van der Waals surface area contributed by atoms with E-state index in [2.05, 4.69) is 10.4 Å². The second-order valence-corrected chi connectivity index (χ2v) is 5.89. The van der Waals surface area contributed by atoms with Crippen molar-refractivity contribution in [3.63, 3.8) is 0 Å². The lowest BCUT2D eigenvalue weighted by Crippen LogP contribution is -2.41. The Kier molecular flexibility index (Phi) is 6.11. The molecule has 1 amide bonds. The third-order valence-corrected chi connectivity index (χ3v) is 3.99. The average molecular weight is 349 g/mol. The fourth-order valence-electron chi connectivity index (χ4n) is 2.44. The molecule has 24 heavy (non-hydrogen) atoms. The molecule has 0 spiro atoms. The number of aromatic nitrogens is 2. The topological polar surface area (TPSA) is 90.0 Å². The van der Waals surface area contributed by atoms with Gasteiger partial charge < -0.3 is 11.1 Å².